The quantitative estimate of drug-likeness (QED) is 0.724. The molecule has 0 fully saturated rings. The number of pyridine rings is 1. The summed E-state index contributed by atoms with van der Waals surface area (Å²) in [6.45, 7) is 2.84. The molecule has 0 saturated heterocycles. The summed E-state index contributed by atoms with van der Waals surface area (Å²) in [5, 5.41) is 0. The Kier molecular flexibility index (Phi) is 3.36. The van der Waals surface area contributed by atoms with Crippen LogP contribution in [0, 0.1) is 0 Å². The molecule has 3 heteroatoms. The van der Waals surface area contributed by atoms with Crippen LogP contribution in [0.25, 0.3) is 0 Å². The lowest BCUT2D eigenvalue weighted by atomic mass is 10.4. The molecule has 60 valence electrons. The van der Waals surface area contributed by atoms with Gasteiger partial charge in [0.1, 0.15) is 10.4 Å². The normalized spacial score (nSPS) is 9.64. The maximum absolute atomic E-state index is 5.37. The number of rotatable bonds is 3. The predicted octanol–water partition coefficient (Wildman–Crippen LogP) is 2.63. The second-order valence-corrected chi connectivity index (χ2v) is 2.98. The van der Waals surface area contributed by atoms with Crippen molar-refractivity contribution >= 4 is 15.9 Å². The van der Waals surface area contributed by atoms with Crippen LogP contribution in [0.3, 0.4) is 0 Å². The molecule has 0 unspecified atom stereocenters. The van der Waals surface area contributed by atoms with Crippen molar-refractivity contribution in [2.24, 2.45) is 0 Å². The van der Waals surface area contributed by atoms with E-state index in [9.17, 15) is 0 Å². The Morgan fingerprint density at radius 1 is 1.64 bits per heavy atom. The maximum Gasteiger partial charge on any atom is 0.123 e. The van der Waals surface area contributed by atoms with Crippen molar-refractivity contribution in [2.75, 3.05) is 6.61 Å². The van der Waals surface area contributed by atoms with E-state index in [0.717, 1.165) is 23.4 Å². The SMILES string of the molecule is CCCOc1ccnc(Br)c1. The van der Waals surface area contributed by atoms with Crippen LogP contribution < -0.4 is 4.74 Å². The molecule has 0 spiro atoms. The summed E-state index contributed by atoms with van der Waals surface area (Å²) in [5.74, 6) is 0.869. The van der Waals surface area contributed by atoms with Crippen LogP contribution >= 0.6 is 15.9 Å². The lowest BCUT2D eigenvalue weighted by Gasteiger charge is -2.02. The summed E-state index contributed by atoms with van der Waals surface area (Å²) >= 11 is 3.26. The molecule has 2 nitrogen and oxygen atoms in total. The Morgan fingerprint density at radius 2 is 2.45 bits per heavy atom. The minimum absolute atomic E-state index is 0.760. The van der Waals surface area contributed by atoms with Crippen molar-refractivity contribution in [1.82, 2.24) is 4.98 Å². The third-order valence-electron chi connectivity index (χ3n) is 1.17. The monoisotopic (exact) mass is 215 g/mol. The molecule has 0 amide bonds. The Bertz CT molecular complexity index is 227. The van der Waals surface area contributed by atoms with E-state index in [1.807, 2.05) is 12.1 Å². The minimum atomic E-state index is 0.760. The number of halogens is 1. The first-order chi connectivity index (χ1) is 5.33. The van der Waals surface area contributed by atoms with E-state index in [2.05, 4.69) is 27.8 Å². The van der Waals surface area contributed by atoms with Crippen LogP contribution in [0.15, 0.2) is 22.9 Å². The molecule has 1 aromatic heterocycles. The maximum atomic E-state index is 5.37. The molecule has 11 heavy (non-hydrogen) atoms. The lowest BCUT2D eigenvalue weighted by Crippen LogP contribution is -1.94. The number of nitrogens with zero attached hydrogens (tertiary/aromatic N) is 1. The third kappa shape index (κ3) is 2.89. The van der Waals surface area contributed by atoms with E-state index in [1.165, 1.54) is 0 Å². The first kappa shape index (κ1) is 8.53. The molecule has 1 aromatic rings. The van der Waals surface area contributed by atoms with Crippen molar-refractivity contribution in [3.8, 4) is 5.75 Å². The highest BCUT2D eigenvalue weighted by atomic mass is 79.9. The van der Waals surface area contributed by atoms with Crippen molar-refractivity contribution in [3.63, 3.8) is 0 Å². The molecule has 1 rings (SSSR count). The topological polar surface area (TPSA) is 22.1 Å². The molecular formula is C8H10BrNO. The van der Waals surface area contributed by atoms with Gasteiger partial charge >= 0.3 is 0 Å². The fraction of sp³-hybridized carbons (Fsp3) is 0.375. The minimum Gasteiger partial charge on any atom is -0.493 e. The van der Waals surface area contributed by atoms with Gasteiger partial charge in [0.05, 0.1) is 6.61 Å². The van der Waals surface area contributed by atoms with Gasteiger partial charge in [0.2, 0.25) is 0 Å². The van der Waals surface area contributed by atoms with E-state index in [0.29, 0.717) is 0 Å². The van der Waals surface area contributed by atoms with E-state index in [1.54, 1.807) is 6.20 Å². The standard InChI is InChI=1S/C8H10BrNO/c1-2-5-11-7-3-4-10-8(9)6-7/h3-4,6H,2,5H2,1H3. The molecule has 0 N–H and O–H groups in total. The summed E-state index contributed by atoms with van der Waals surface area (Å²) in [7, 11) is 0. The summed E-state index contributed by atoms with van der Waals surface area (Å²) in [4.78, 5) is 3.98. The molecule has 0 aliphatic carbocycles. The Labute approximate surface area is 74.7 Å². The number of ether oxygens (including phenoxy) is 1. The van der Waals surface area contributed by atoms with Crippen molar-refractivity contribution in [3.05, 3.63) is 22.9 Å². The summed E-state index contributed by atoms with van der Waals surface area (Å²) in [5.41, 5.74) is 0. The Morgan fingerprint density at radius 3 is 3.09 bits per heavy atom. The predicted molar refractivity (Wildman–Crippen MR) is 47.7 cm³/mol. The largest absolute Gasteiger partial charge is 0.493 e. The zero-order valence-corrected chi connectivity index (χ0v) is 7.97. The number of hydrogen-bond donors (Lipinski definition) is 0. The van der Waals surface area contributed by atoms with Gasteiger partial charge in [-0.3, -0.25) is 0 Å². The molecule has 0 aliphatic heterocycles. The van der Waals surface area contributed by atoms with Gasteiger partial charge in [0.25, 0.3) is 0 Å². The number of aromatic nitrogens is 1. The molecular weight excluding hydrogens is 206 g/mol. The average molecular weight is 216 g/mol. The van der Waals surface area contributed by atoms with Gasteiger partial charge < -0.3 is 4.74 Å². The van der Waals surface area contributed by atoms with Gasteiger partial charge in [0, 0.05) is 12.3 Å². The fourth-order valence-electron chi connectivity index (χ4n) is 0.694. The van der Waals surface area contributed by atoms with Crippen molar-refractivity contribution in [1.29, 1.82) is 0 Å². The molecule has 0 bridgehead atoms. The van der Waals surface area contributed by atoms with Gasteiger partial charge in [-0.25, -0.2) is 4.98 Å². The highest BCUT2D eigenvalue weighted by molar-refractivity contribution is 9.10. The van der Waals surface area contributed by atoms with Crippen LogP contribution in [-0.2, 0) is 0 Å². The van der Waals surface area contributed by atoms with E-state index in [-0.39, 0.29) is 0 Å². The zero-order valence-electron chi connectivity index (χ0n) is 6.38. The van der Waals surface area contributed by atoms with Crippen LogP contribution in [0.4, 0.5) is 0 Å². The molecule has 0 atom stereocenters. The van der Waals surface area contributed by atoms with Gasteiger partial charge in [-0.05, 0) is 28.4 Å². The second-order valence-electron chi connectivity index (χ2n) is 2.16. The van der Waals surface area contributed by atoms with E-state index < -0.39 is 0 Å². The van der Waals surface area contributed by atoms with Crippen LogP contribution in [0.2, 0.25) is 0 Å². The second kappa shape index (κ2) is 4.34. The average Bonchev–Trinajstić information content (AvgIpc) is 2.01. The molecule has 0 aliphatic rings. The fourth-order valence-corrected chi connectivity index (χ4v) is 1.04. The molecule has 0 aromatic carbocycles. The van der Waals surface area contributed by atoms with Crippen LogP contribution in [-0.4, -0.2) is 11.6 Å². The highest BCUT2D eigenvalue weighted by Crippen LogP contribution is 2.14. The van der Waals surface area contributed by atoms with Gasteiger partial charge in [-0.2, -0.15) is 0 Å². The van der Waals surface area contributed by atoms with Gasteiger partial charge in [-0.15, -0.1) is 0 Å². The van der Waals surface area contributed by atoms with Crippen LogP contribution in [0.1, 0.15) is 13.3 Å². The Hall–Kier alpha value is -0.570. The summed E-state index contributed by atoms with van der Waals surface area (Å²) in [6, 6.07) is 3.70. The highest BCUT2D eigenvalue weighted by Gasteiger charge is 1.92. The van der Waals surface area contributed by atoms with Gasteiger partial charge in [-0.1, -0.05) is 6.92 Å². The van der Waals surface area contributed by atoms with E-state index >= 15 is 0 Å². The Balaban J connectivity index is 2.56. The van der Waals surface area contributed by atoms with Crippen LogP contribution in [0.5, 0.6) is 5.75 Å². The molecule has 0 radical (unpaired) electrons. The van der Waals surface area contributed by atoms with Gasteiger partial charge in [0.15, 0.2) is 0 Å². The molecule has 0 saturated carbocycles. The molecule has 1 heterocycles. The summed E-state index contributed by atoms with van der Waals surface area (Å²) < 4.78 is 6.18. The first-order valence-electron chi connectivity index (χ1n) is 3.57. The zero-order chi connectivity index (χ0) is 8.10. The summed E-state index contributed by atoms with van der Waals surface area (Å²) in [6.07, 6.45) is 2.75. The lowest BCUT2D eigenvalue weighted by molar-refractivity contribution is 0.317. The third-order valence-corrected chi connectivity index (χ3v) is 1.60. The van der Waals surface area contributed by atoms with E-state index in [4.69, 9.17) is 4.74 Å². The first-order valence-corrected chi connectivity index (χ1v) is 4.36. The van der Waals surface area contributed by atoms with Crippen molar-refractivity contribution in [2.45, 2.75) is 13.3 Å². The number of hydrogen-bond acceptors (Lipinski definition) is 2. The van der Waals surface area contributed by atoms with Crippen molar-refractivity contribution < 1.29 is 4.74 Å². The smallest absolute Gasteiger partial charge is 0.123 e.